The minimum atomic E-state index is -0.396. The average molecular weight is 251 g/mol. The molecule has 1 N–H and O–H groups in total. The summed E-state index contributed by atoms with van der Waals surface area (Å²) in [5, 5.41) is 8.86. The Morgan fingerprint density at radius 1 is 1.35 bits per heavy atom. The van der Waals surface area contributed by atoms with Gasteiger partial charge in [-0.1, -0.05) is 30.3 Å². The minimum Gasteiger partial charge on any atom is -1.00 e. The van der Waals surface area contributed by atoms with Crippen LogP contribution in [0.25, 0.3) is 0 Å². The molecule has 1 aliphatic heterocycles. The monoisotopic (exact) mass is 250 g/mol. The molecule has 1 heterocycles. The highest BCUT2D eigenvalue weighted by Crippen LogP contribution is 2.02. The first kappa shape index (κ1) is 13.7. The Balaban J connectivity index is 0.00000144. The van der Waals surface area contributed by atoms with E-state index in [0.717, 1.165) is 13.1 Å². The lowest BCUT2D eigenvalue weighted by atomic mass is 9.97. The highest BCUT2D eigenvalue weighted by Gasteiger charge is 2.29. The summed E-state index contributed by atoms with van der Waals surface area (Å²) in [4.78, 5) is 12.7. The Hall–Kier alpha value is -1.37. The van der Waals surface area contributed by atoms with E-state index in [0.29, 0.717) is 13.0 Å². The zero-order valence-electron chi connectivity index (χ0n) is 9.53. The van der Waals surface area contributed by atoms with Crippen LogP contribution in [0.15, 0.2) is 30.3 Å². The summed E-state index contributed by atoms with van der Waals surface area (Å²) in [6, 6.07) is 12.3. The van der Waals surface area contributed by atoms with Crippen molar-refractivity contribution >= 4 is 5.78 Å². The number of carbonyl (C=O) groups is 1. The van der Waals surface area contributed by atoms with Crippen molar-refractivity contribution in [2.75, 3.05) is 13.1 Å². The number of hydrogen-bond donors (Lipinski definition) is 1. The highest BCUT2D eigenvalue weighted by atomic mass is 35.5. The van der Waals surface area contributed by atoms with E-state index >= 15 is 0 Å². The van der Waals surface area contributed by atoms with Crippen molar-refractivity contribution in [3.63, 3.8) is 0 Å². The summed E-state index contributed by atoms with van der Waals surface area (Å²) in [5.41, 5.74) is 1.27. The fraction of sp³-hybridized carbons (Fsp3) is 0.385. The molecule has 2 atom stereocenters. The molecule has 2 unspecified atom stereocenters. The molecule has 0 amide bonds. The topological polar surface area (TPSA) is 45.3 Å². The second-order valence-corrected chi connectivity index (χ2v) is 4.26. The van der Waals surface area contributed by atoms with Crippen molar-refractivity contribution in [2.24, 2.45) is 5.92 Å². The second-order valence-electron chi connectivity index (χ2n) is 4.26. The number of nitrogens with one attached hydrogen (secondary N) is 1. The van der Waals surface area contributed by atoms with Crippen LogP contribution in [-0.2, 0) is 11.3 Å². The Labute approximate surface area is 107 Å². The molecule has 17 heavy (non-hydrogen) atoms. The predicted octanol–water partition coefficient (Wildman–Crippen LogP) is -2.81. The van der Waals surface area contributed by atoms with Gasteiger partial charge in [0, 0.05) is 5.56 Å². The number of rotatable bonds is 2. The molecular formula is C13H15ClN2O. The maximum atomic E-state index is 11.4. The Morgan fingerprint density at radius 2 is 2.06 bits per heavy atom. The molecule has 0 radical (unpaired) electrons. The van der Waals surface area contributed by atoms with Crippen molar-refractivity contribution in [1.82, 2.24) is 0 Å². The number of nitriles is 1. The van der Waals surface area contributed by atoms with Crippen molar-refractivity contribution in [3.05, 3.63) is 35.9 Å². The molecule has 4 heteroatoms. The lowest BCUT2D eigenvalue weighted by Gasteiger charge is -2.25. The molecule has 2 rings (SSSR count). The normalized spacial score (nSPS) is 23.6. The van der Waals surface area contributed by atoms with Crippen molar-refractivity contribution in [3.8, 4) is 6.07 Å². The number of Topliss-reactive ketones (excluding diaryl/α,β-unsaturated/α-hetero) is 1. The molecule has 0 bridgehead atoms. The van der Waals surface area contributed by atoms with Crippen LogP contribution >= 0.6 is 0 Å². The van der Waals surface area contributed by atoms with E-state index < -0.39 is 5.92 Å². The molecule has 1 aromatic carbocycles. The molecule has 1 aliphatic rings. The van der Waals surface area contributed by atoms with Crippen LogP contribution in [0.5, 0.6) is 0 Å². The highest BCUT2D eigenvalue weighted by molar-refractivity contribution is 5.83. The quantitative estimate of drug-likeness (QED) is 0.616. The number of nitrogens with zero attached hydrogens (tertiary/aromatic N) is 1. The number of piperidine rings is 1. The molecule has 0 aliphatic carbocycles. The second kappa shape index (κ2) is 6.39. The van der Waals surface area contributed by atoms with Gasteiger partial charge in [-0.05, 0) is 0 Å². The van der Waals surface area contributed by atoms with E-state index in [1.165, 1.54) is 10.5 Å². The van der Waals surface area contributed by atoms with E-state index in [1.54, 1.807) is 0 Å². The van der Waals surface area contributed by atoms with Gasteiger partial charge in [0.1, 0.15) is 13.1 Å². The van der Waals surface area contributed by atoms with Gasteiger partial charge < -0.3 is 17.3 Å². The SMILES string of the molecule is N#CC1C[NH+](Cc2ccccc2)CCC1=O.[Cl-]. The first-order valence-electron chi connectivity index (χ1n) is 5.59. The van der Waals surface area contributed by atoms with Gasteiger partial charge >= 0.3 is 0 Å². The first-order valence-corrected chi connectivity index (χ1v) is 5.59. The summed E-state index contributed by atoms with van der Waals surface area (Å²) in [6.45, 7) is 2.42. The predicted molar refractivity (Wildman–Crippen MR) is 59.6 cm³/mol. The average Bonchev–Trinajstić information content (AvgIpc) is 2.33. The summed E-state index contributed by atoms with van der Waals surface area (Å²) >= 11 is 0. The number of benzene rings is 1. The van der Waals surface area contributed by atoms with Gasteiger partial charge in [0.25, 0.3) is 0 Å². The van der Waals surface area contributed by atoms with Gasteiger partial charge in [-0.15, -0.1) is 0 Å². The smallest absolute Gasteiger partial charge is 0.161 e. The van der Waals surface area contributed by atoms with Gasteiger partial charge in [-0.2, -0.15) is 5.26 Å². The molecule has 90 valence electrons. The van der Waals surface area contributed by atoms with Gasteiger partial charge in [0.05, 0.1) is 19.0 Å². The first-order chi connectivity index (χ1) is 7.79. The molecule has 1 aromatic rings. The van der Waals surface area contributed by atoms with Crippen LogP contribution in [0.2, 0.25) is 0 Å². The van der Waals surface area contributed by atoms with Gasteiger partial charge in [-0.3, -0.25) is 4.79 Å². The van der Waals surface area contributed by atoms with E-state index in [-0.39, 0.29) is 18.2 Å². The van der Waals surface area contributed by atoms with E-state index in [1.807, 2.05) is 18.2 Å². The van der Waals surface area contributed by atoms with Crippen LogP contribution in [0.3, 0.4) is 0 Å². The summed E-state index contributed by atoms with van der Waals surface area (Å²) in [7, 11) is 0. The van der Waals surface area contributed by atoms with E-state index in [2.05, 4.69) is 18.2 Å². The third-order valence-electron chi connectivity index (χ3n) is 3.06. The number of likely N-dealkylation sites (tertiary alicyclic amines) is 1. The Morgan fingerprint density at radius 3 is 2.71 bits per heavy atom. The largest absolute Gasteiger partial charge is 1.00 e. The zero-order chi connectivity index (χ0) is 11.4. The maximum absolute atomic E-state index is 11.4. The Bertz CT molecular complexity index is 413. The van der Waals surface area contributed by atoms with Crippen LogP contribution < -0.4 is 17.3 Å². The number of halogens is 1. The van der Waals surface area contributed by atoms with Crippen molar-refractivity contribution in [2.45, 2.75) is 13.0 Å². The standard InChI is InChI=1S/C13H14N2O.ClH/c14-8-12-10-15(7-6-13(12)16)9-11-4-2-1-3-5-11;/h1-5,12H,6-7,9-10H2;1H. The Kier molecular flexibility index (Phi) is 5.14. The molecule has 3 nitrogen and oxygen atoms in total. The van der Waals surface area contributed by atoms with Crippen LogP contribution in [-0.4, -0.2) is 18.9 Å². The van der Waals surface area contributed by atoms with Crippen LogP contribution in [0.1, 0.15) is 12.0 Å². The minimum absolute atomic E-state index is 0. The van der Waals surface area contributed by atoms with E-state index in [4.69, 9.17) is 5.26 Å². The summed E-state index contributed by atoms with van der Waals surface area (Å²) in [5.74, 6) is -0.285. The fourth-order valence-corrected chi connectivity index (χ4v) is 2.14. The number of ketones is 1. The van der Waals surface area contributed by atoms with Gasteiger partial charge in [-0.25, -0.2) is 0 Å². The number of hydrogen-bond acceptors (Lipinski definition) is 2. The molecule has 0 saturated carbocycles. The number of carbonyl (C=O) groups excluding carboxylic acids is 1. The van der Waals surface area contributed by atoms with Crippen LogP contribution in [0.4, 0.5) is 0 Å². The summed E-state index contributed by atoms with van der Waals surface area (Å²) in [6.07, 6.45) is 0.542. The molecule has 0 aromatic heterocycles. The fourth-order valence-electron chi connectivity index (χ4n) is 2.14. The van der Waals surface area contributed by atoms with Crippen molar-refractivity contribution < 1.29 is 22.1 Å². The van der Waals surface area contributed by atoms with Crippen molar-refractivity contribution in [1.29, 1.82) is 5.26 Å². The lowest BCUT2D eigenvalue weighted by Crippen LogP contribution is -3.12. The van der Waals surface area contributed by atoms with Gasteiger partial charge in [0.2, 0.25) is 0 Å². The molecular weight excluding hydrogens is 236 g/mol. The summed E-state index contributed by atoms with van der Waals surface area (Å²) < 4.78 is 0. The maximum Gasteiger partial charge on any atom is 0.161 e. The number of quaternary nitrogens is 1. The molecule has 0 spiro atoms. The zero-order valence-corrected chi connectivity index (χ0v) is 10.3. The third kappa shape index (κ3) is 3.55. The molecule has 1 fully saturated rings. The van der Waals surface area contributed by atoms with Crippen LogP contribution in [0, 0.1) is 17.2 Å². The van der Waals surface area contributed by atoms with E-state index in [9.17, 15) is 4.79 Å². The lowest BCUT2D eigenvalue weighted by molar-refractivity contribution is -0.917. The molecule has 1 saturated heterocycles. The van der Waals surface area contributed by atoms with Gasteiger partial charge in [0.15, 0.2) is 11.7 Å². The third-order valence-corrected chi connectivity index (χ3v) is 3.06.